The summed E-state index contributed by atoms with van der Waals surface area (Å²) in [6.07, 6.45) is 7.26. The summed E-state index contributed by atoms with van der Waals surface area (Å²) in [4.78, 5) is 32.8. The van der Waals surface area contributed by atoms with E-state index in [0.717, 1.165) is 31.3 Å². The molecule has 1 aliphatic heterocycles. The van der Waals surface area contributed by atoms with E-state index in [1.807, 2.05) is 24.0 Å². The van der Waals surface area contributed by atoms with Gasteiger partial charge in [0, 0.05) is 43.2 Å². The van der Waals surface area contributed by atoms with Crippen molar-refractivity contribution in [2.24, 2.45) is 11.8 Å². The van der Waals surface area contributed by atoms with Crippen molar-refractivity contribution in [3.05, 3.63) is 66.1 Å². The highest BCUT2D eigenvalue weighted by Gasteiger charge is 2.47. The van der Waals surface area contributed by atoms with E-state index >= 15 is 0 Å². The lowest BCUT2D eigenvalue weighted by molar-refractivity contribution is 0.0560. The number of pyridine rings is 2. The van der Waals surface area contributed by atoms with E-state index < -0.39 is 5.82 Å². The van der Waals surface area contributed by atoms with Crippen molar-refractivity contribution in [3.63, 3.8) is 0 Å². The number of halogens is 1. The van der Waals surface area contributed by atoms with Crippen LogP contribution in [-0.4, -0.2) is 49.9 Å². The van der Waals surface area contributed by atoms with Gasteiger partial charge in [-0.3, -0.25) is 4.79 Å². The maximum absolute atomic E-state index is 13.7. The van der Waals surface area contributed by atoms with Crippen LogP contribution in [0.3, 0.4) is 0 Å². The summed E-state index contributed by atoms with van der Waals surface area (Å²) in [6, 6.07) is 8.38. The third-order valence-electron chi connectivity index (χ3n) is 6.22. The van der Waals surface area contributed by atoms with Crippen molar-refractivity contribution in [1.82, 2.24) is 24.8 Å². The van der Waals surface area contributed by atoms with Crippen LogP contribution in [0.5, 0.6) is 5.88 Å². The molecule has 0 aromatic carbocycles. The Labute approximate surface area is 185 Å². The summed E-state index contributed by atoms with van der Waals surface area (Å²) in [5.74, 6) is 1.63. The molecular formula is C24H24FN5O2. The van der Waals surface area contributed by atoms with Gasteiger partial charge in [-0.15, -0.1) is 0 Å². The minimum atomic E-state index is -0.398. The van der Waals surface area contributed by atoms with Gasteiger partial charge in [-0.05, 0) is 55.9 Å². The first-order chi connectivity index (χ1) is 15.6. The van der Waals surface area contributed by atoms with Crippen molar-refractivity contribution in [3.8, 4) is 17.3 Å². The molecule has 0 unspecified atom stereocenters. The molecule has 3 atom stereocenters. The van der Waals surface area contributed by atoms with Crippen LogP contribution >= 0.6 is 0 Å². The lowest BCUT2D eigenvalue weighted by Crippen LogP contribution is -2.46. The molecule has 5 rings (SSSR count). The number of hydrogen-bond donors (Lipinski definition) is 0. The highest BCUT2D eigenvalue weighted by atomic mass is 19.1. The lowest BCUT2D eigenvalue weighted by atomic mass is 9.98. The number of fused-ring (bicyclic) bond motifs is 1. The van der Waals surface area contributed by atoms with Crippen LogP contribution in [0.25, 0.3) is 11.4 Å². The Kier molecular flexibility index (Phi) is 5.51. The summed E-state index contributed by atoms with van der Waals surface area (Å²) in [5.41, 5.74) is 1.81. The second-order valence-electron chi connectivity index (χ2n) is 8.48. The van der Waals surface area contributed by atoms with E-state index in [2.05, 4.69) is 19.9 Å². The quantitative estimate of drug-likeness (QED) is 0.590. The number of piperidine rings is 1. The van der Waals surface area contributed by atoms with Crippen LogP contribution in [0, 0.1) is 24.6 Å². The van der Waals surface area contributed by atoms with Gasteiger partial charge in [-0.1, -0.05) is 0 Å². The smallest absolute Gasteiger partial charge is 0.273 e. The maximum Gasteiger partial charge on any atom is 0.273 e. The first-order valence-corrected chi connectivity index (χ1v) is 10.9. The summed E-state index contributed by atoms with van der Waals surface area (Å²) in [7, 11) is 0. The molecule has 164 valence electrons. The summed E-state index contributed by atoms with van der Waals surface area (Å²) in [5, 5.41) is 0. The Bertz CT molecular complexity index is 1110. The average molecular weight is 433 g/mol. The second kappa shape index (κ2) is 8.61. The molecule has 32 heavy (non-hydrogen) atoms. The van der Waals surface area contributed by atoms with Crippen molar-refractivity contribution in [2.75, 3.05) is 13.2 Å². The molecular weight excluding hydrogens is 409 g/mol. The highest BCUT2D eigenvalue weighted by Crippen LogP contribution is 2.48. The standard InChI is InChI=1S/C24H24FN5O2/c1-15-3-5-20(23-26-8-2-9-27-23)22(29-15)24(31)30-14-17-11-16(17)12-19(30)7-10-32-21-6-4-18(25)13-28-21/h2-6,8-9,13,16-17,19H,7,10-12,14H2,1H3/t16-,17+,19+/m0/s1. The molecule has 3 aromatic rings. The van der Waals surface area contributed by atoms with Crippen molar-refractivity contribution in [2.45, 2.75) is 32.2 Å². The maximum atomic E-state index is 13.7. The Morgan fingerprint density at radius 2 is 1.97 bits per heavy atom. The van der Waals surface area contributed by atoms with Crippen LogP contribution in [0.2, 0.25) is 0 Å². The number of hydrogen-bond acceptors (Lipinski definition) is 6. The molecule has 1 aliphatic carbocycles. The predicted molar refractivity (Wildman–Crippen MR) is 115 cm³/mol. The number of carbonyl (C=O) groups is 1. The average Bonchev–Trinajstić information content (AvgIpc) is 3.58. The molecule has 1 saturated heterocycles. The van der Waals surface area contributed by atoms with Crippen LogP contribution in [0.4, 0.5) is 4.39 Å². The van der Waals surface area contributed by atoms with E-state index in [-0.39, 0.29) is 11.9 Å². The summed E-state index contributed by atoms with van der Waals surface area (Å²) < 4.78 is 18.8. The third kappa shape index (κ3) is 4.30. The first kappa shape index (κ1) is 20.5. The monoisotopic (exact) mass is 433 g/mol. The number of carbonyl (C=O) groups excluding carboxylic acids is 1. The zero-order chi connectivity index (χ0) is 22.1. The third-order valence-corrected chi connectivity index (χ3v) is 6.22. The van der Waals surface area contributed by atoms with Crippen molar-refractivity contribution in [1.29, 1.82) is 0 Å². The van der Waals surface area contributed by atoms with E-state index in [4.69, 9.17) is 4.74 Å². The molecule has 8 heteroatoms. The molecule has 2 aliphatic rings. The molecule has 0 bridgehead atoms. The van der Waals surface area contributed by atoms with Gasteiger partial charge in [0.1, 0.15) is 11.5 Å². The van der Waals surface area contributed by atoms with Gasteiger partial charge in [0.15, 0.2) is 5.82 Å². The van der Waals surface area contributed by atoms with Gasteiger partial charge in [-0.25, -0.2) is 24.3 Å². The summed E-state index contributed by atoms with van der Waals surface area (Å²) in [6.45, 7) is 3.01. The minimum Gasteiger partial charge on any atom is -0.478 e. The van der Waals surface area contributed by atoms with Crippen LogP contribution in [0.1, 0.15) is 35.4 Å². The zero-order valence-electron chi connectivity index (χ0n) is 17.8. The van der Waals surface area contributed by atoms with Gasteiger partial charge in [-0.2, -0.15) is 0 Å². The van der Waals surface area contributed by atoms with Crippen molar-refractivity contribution >= 4 is 5.91 Å². The van der Waals surface area contributed by atoms with Gasteiger partial charge < -0.3 is 9.64 Å². The fourth-order valence-corrected chi connectivity index (χ4v) is 4.44. The number of aromatic nitrogens is 4. The Morgan fingerprint density at radius 3 is 2.75 bits per heavy atom. The normalized spacial score (nSPS) is 21.7. The van der Waals surface area contributed by atoms with E-state index in [1.165, 1.54) is 12.1 Å². The number of likely N-dealkylation sites (tertiary alicyclic amines) is 1. The number of ether oxygens (including phenoxy) is 1. The predicted octanol–water partition coefficient (Wildman–Crippen LogP) is 3.70. The number of nitrogens with zero attached hydrogens (tertiary/aromatic N) is 5. The fraction of sp³-hybridized carbons (Fsp3) is 0.375. The van der Waals surface area contributed by atoms with Crippen LogP contribution in [-0.2, 0) is 0 Å². The Morgan fingerprint density at radius 1 is 1.12 bits per heavy atom. The molecule has 7 nitrogen and oxygen atoms in total. The van der Waals surface area contributed by atoms with E-state index in [0.29, 0.717) is 47.8 Å². The second-order valence-corrected chi connectivity index (χ2v) is 8.48. The molecule has 0 N–H and O–H groups in total. The Hall–Kier alpha value is -3.42. The molecule has 0 spiro atoms. The Balaban J connectivity index is 1.35. The molecule has 4 heterocycles. The number of aryl methyl sites for hydroxylation is 1. The van der Waals surface area contributed by atoms with Crippen LogP contribution < -0.4 is 4.74 Å². The molecule has 1 saturated carbocycles. The van der Waals surface area contributed by atoms with Gasteiger partial charge >= 0.3 is 0 Å². The first-order valence-electron chi connectivity index (χ1n) is 10.9. The largest absolute Gasteiger partial charge is 0.478 e. The molecule has 0 radical (unpaired) electrons. The van der Waals surface area contributed by atoms with E-state index in [9.17, 15) is 9.18 Å². The lowest BCUT2D eigenvalue weighted by Gasteiger charge is -2.35. The van der Waals surface area contributed by atoms with E-state index in [1.54, 1.807) is 18.5 Å². The molecule has 3 aromatic heterocycles. The van der Waals surface area contributed by atoms with Gasteiger partial charge in [0.2, 0.25) is 5.88 Å². The SMILES string of the molecule is Cc1ccc(-c2ncccn2)c(C(=O)N2C[C@H]3C[C@H]3C[C@H]2CCOc2ccc(F)cn2)n1. The topological polar surface area (TPSA) is 81.1 Å². The fourth-order valence-electron chi connectivity index (χ4n) is 4.44. The number of amides is 1. The molecule has 1 amide bonds. The zero-order valence-corrected chi connectivity index (χ0v) is 17.8. The van der Waals surface area contributed by atoms with Gasteiger partial charge in [0.25, 0.3) is 5.91 Å². The van der Waals surface area contributed by atoms with Crippen LogP contribution in [0.15, 0.2) is 48.9 Å². The molecule has 2 fully saturated rings. The van der Waals surface area contributed by atoms with Crippen molar-refractivity contribution < 1.29 is 13.9 Å². The summed E-state index contributed by atoms with van der Waals surface area (Å²) >= 11 is 0. The van der Waals surface area contributed by atoms with Gasteiger partial charge in [0.05, 0.1) is 18.4 Å². The highest BCUT2D eigenvalue weighted by molar-refractivity contribution is 5.98. The minimum absolute atomic E-state index is 0.0542. The number of rotatable bonds is 6.